The minimum atomic E-state index is -1.56. The molecule has 0 spiro atoms. The summed E-state index contributed by atoms with van der Waals surface area (Å²) in [5.74, 6) is 0. The van der Waals surface area contributed by atoms with Crippen LogP contribution in [0.25, 0.3) is 0 Å². The van der Waals surface area contributed by atoms with Crippen molar-refractivity contribution in [2.75, 3.05) is 34.8 Å². The van der Waals surface area contributed by atoms with Gasteiger partial charge < -0.3 is 10.2 Å². The normalized spacial score (nSPS) is 13.0. The molecular formula is C18H34N2P2S2. The van der Waals surface area contributed by atoms with Crippen LogP contribution in [0.2, 0.25) is 0 Å². The van der Waals surface area contributed by atoms with Crippen LogP contribution in [0, 0.1) is 0 Å². The molecule has 0 saturated heterocycles. The number of anilines is 2. The Hall–Kier alpha value is 0.120. The van der Waals surface area contributed by atoms with E-state index in [1.165, 1.54) is 5.56 Å². The van der Waals surface area contributed by atoms with Crippen LogP contribution >= 0.6 is 12.4 Å². The van der Waals surface area contributed by atoms with Gasteiger partial charge >= 0.3 is 0 Å². The predicted octanol–water partition coefficient (Wildman–Crippen LogP) is 6.68. The van der Waals surface area contributed by atoms with Crippen molar-refractivity contribution >= 4 is 47.4 Å². The molecule has 0 atom stereocenters. The summed E-state index contributed by atoms with van der Waals surface area (Å²) >= 11 is 11.8. The third kappa shape index (κ3) is 5.84. The second kappa shape index (κ2) is 8.67. The minimum Gasteiger partial charge on any atom is -0.356 e. The topological polar surface area (TPSA) is 24.1 Å². The average Bonchev–Trinajstić information content (AvgIpc) is 2.55. The van der Waals surface area contributed by atoms with E-state index in [9.17, 15) is 0 Å². The van der Waals surface area contributed by atoms with E-state index in [1.807, 2.05) is 0 Å². The fourth-order valence-corrected chi connectivity index (χ4v) is 5.78. The number of nitrogens with one attached hydrogen (secondary N) is 2. The highest BCUT2D eigenvalue weighted by Crippen LogP contribution is 2.51. The number of hydrogen-bond acceptors (Lipinski definition) is 2. The zero-order valence-electron chi connectivity index (χ0n) is 16.3. The minimum absolute atomic E-state index is 0.117. The van der Waals surface area contributed by atoms with Crippen molar-refractivity contribution in [3.8, 4) is 0 Å². The van der Waals surface area contributed by atoms with E-state index in [0.717, 1.165) is 36.0 Å². The largest absolute Gasteiger partial charge is 0.356 e. The zero-order chi connectivity index (χ0) is 18.6. The molecule has 0 heterocycles. The Morgan fingerprint density at radius 3 is 1.58 bits per heavy atom. The lowest BCUT2D eigenvalue weighted by molar-refractivity contribution is 0.590. The number of rotatable bonds is 8. The van der Waals surface area contributed by atoms with Gasteiger partial charge in [0, 0.05) is 12.4 Å². The van der Waals surface area contributed by atoms with Crippen molar-refractivity contribution in [3.63, 3.8) is 0 Å². The van der Waals surface area contributed by atoms with Gasteiger partial charge in [-0.15, -0.1) is 0 Å². The molecule has 6 heteroatoms. The average molecular weight is 405 g/mol. The summed E-state index contributed by atoms with van der Waals surface area (Å²) in [6.45, 7) is 15.5. The van der Waals surface area contributed by atoms with Crippen LogP contribution < -0.4 is 10.2 Å². The first-order chi connectivity index (χ1) is 11.0. The van der Waals surface area contributed by atoms with E-state index >= 15 is 0 Å². The molecule has 0 saturated carbocycles. The highest BCUT2D eigenvalue weighted by atomic mass is 32.4. The van der Waals surface area contributed by atoms with Crippen molar-refractivity contribution in [2.24, 2.45) is 0 Å². The van der Waals surface area contributed by atoms with Crippen molar-refractivity contribution < 1.29 is 0 Å². The first kappa shape index (κ1) is 22.2. The fraction of sp³-hybridized carbons (Fsp3) is 0.667. The van der Waals surface area contributed by atoms with E-state index < -0.39 is 12.4 Å². The van der Waals surface area contributed by atoms with Gasteiger partial charge in [-0.3, -0.25) is 0 Å². The maximum atomic E-state index is 5.94. The highest BCUT2D eigenvalue weighted by molar-refractivity contribution is 8.15. The Labute approximate surface area is 159 Å². The molecule has 138 valence electrons. The molecule has 24 heavy (non-hydrogen) atoms. The van der Waals surface area contributed by atoms with Crippen molar-refractivity contribution in [1.29, 1.82) is 0 Å². The maximum Gasteiger partial charge on any atom is 0.0619 e. The van der Waals surface area contributed by atoms with Gasteiger partial charge in [-0.25, -0.2) is 0 Å². The van der Waals surface area contributed by atoms with Crippen LogP contribution in [0.4, 0.5) is 11.4 Å². The summed E-state index contributed by atoms with van der Waals surface area (Å²) in [6, 6.07) is 6.69. The highest BCUT2D eigenvalue weighted by Gasteiger charge is 2.21. The number of hydrogen-bond donors (Lipinski definition) is 2. The Morgan fingerprint density at radius 2 is 1.21 bits per heavy atom. The van der Waals surface area contributed by atoms with Crippen molar-refractivity contribution in [1.82, 2.24) is 0 Å². The second-order valence-electron chi connectivity index (χ2n) is 7.28. The maximum absolute atomic E-state index is 5.94. The summed E-state index contributed by atoms with van der Waals surface area (Å²) in [5, 5.41) is 7.45. The smallest absolute Gasteiger partial charge is 0.0619 e. The molecule has 0 amide bonds. The van der Waals surface area contributed by atoms with Crippen LogP contribution in [0.3, 0.4) is 0 Å². The molecule has 0 bridgehead atoms. The molecule has 0 aromatic heterocycles. The molecule has 1 aromatic rings. The second-order valence-corrected chi connectivity index (χ2v) is 18.0. The first-order valence-electron chi connectivity index (χ1n) is 8.89. The molecule has 0 aliphatic carbocycles. The third-order valence-electron chi connectivity index (χ3n) is 4.58. The molecule has 0 fully saturated rings. The van der Waals surface area contributed by atoms with E-state index in [1.54, 1.807) is 0 Å². The Bertz CT molecular complexity index is 635. The summed E-state index contributed by atoms with van der Waals surface area (Å²) in [4.78, 5) is 0. The van der Waals surface area contributed by atoms with Gasteiger partial charge in [0.25, 0.3) is 0 Å². The van der Waals surface area contributed by atoms with Crippen molar-refractivity contribution in [2.45, 2.75) is 53.9 Å². The Morgan fingerprint density at radius 1 is 0.792 bits per heavy atom. The van der Waals surface area contributed by atoms with Crippen molar-refractivity contribution in [3.05, 3.63) is 23.8 Å². The fourth-order valence-electron chi connectivity index (χ4n) is 2.40. The van der Waals surface area contributed by atoms with Gasteiger partial charge in [0.15, 0.2) is 0 Å². The molecule has 0 unspecified atom stereocenters. The lowest BCUT2D eigenvalue weighted by Gasteiger charge is -2.29. The Balaban J connectivity index is 3.37. The van der Waals surface area contributed by atoms with Crippen LogP contribution in [-0.4, -0.2) is 24.6 Å². The SMILES string of the molecule is CCP(=S)(CC)Nc1ccc(C(C)(C)C)cc1NP(=S)(CC)CC. The van der Waals surface area contributed by atoms with Gasteiger partial charge in [-0.1, -0.05) is 78.1 Å². The lowest BCUT2D eigenvalue weighted by Crippen LogP contribution is -2.13. The van der Waals surface area contributed by atoms with E-state index in [0.29, 0.717) is 0 Å². The third-order valence-corrected chi connectivity index (χ3v) is 13.6. The molecule has 1 rings (SSSR count). The molecule has 2 N–H and O–H groups in total. The molecule has 0 aliphatic heterocycles. The van der Waals surface area contributed by atoms with Gasteiger partial charge in [-0.05, 0) is 47.8 Å². The summed E-state index contributed by atoms with van der Waals surface area (Å²) in [6.07, 6.45) is 0.979. The molecule has 1 aromatic carbocycles. The lowest BCUT2D eigenvalue weighted by atomic mass is 9.87. The van der Waals surface area contributed by atoms with Crippen LogP contribution in [-0.2, 0) is 29.0 Å². The quantitative estimate of drug-likeness (QED) is 0.472. The van der Waals surface area contributed by atoms with Gasteiger partial charge in [0.1, 0.15) is 0 Å². The standard InChI is InChI=1S/C18H34N2P2S2/c1-8-21(23,9-2)19-16-13-12-15(18(5,6)7)14-17(16)20-22(24,10-3)11-4/h12-14H,8-11H2,1-7H3,(H,19,23)(H,20,24). The van der Waals surface area contributed by atoms with E-state index in [4.69, 9.17) is 23.6 Å². The summed E-state index contributed by atoms with van der Waals surface area (Å²) < 4.78 is 0. The summed E-state index contributed by atoms with van der Waals surface area (Å²) in [7, 11) is 0. The van der Waals surface area contributed by atoms with E-state index in [-0.39, 0.29) is 5.41 Å². The molecular weight excluding hydrogens is 370 g/mol. The molecule has 2 nitrogen and oxygen atoms in total. The monoisotopic (exact) mass is 404 g/mol. The van der Waals surface area contributed by atoms with Gasteiger partial charge in [0.05, 0.1) is 11.4 Å². The molecule has 0 radical (unpaired) electrons. The Kier molecular flexibility index (Phi) is 8.01. The van der Waals surface area contributed by atoms with Crippen LogP contribution in [0.1, 0.15) is 54.0 Å². The zero-order valence-corrected chi connectivity index (χ0v) is 19.7. The summed E-state index contributed by atoms with van der Waals surface area (Å²) in [5.41, 5.74) is 3.72. The van der Waals surface area contributed by atoms with Crippen LogP contribution in [0.15, 0.2) is 18.2 Å². The predicted molar refractivity (Wildman–Crippen MR) is 123 cm³/mol. The number of benzene rings is 1. The van der Waals surface area contributed by atoms with E-state index in [2.05, 4.69) is 76.8 Å². The molecule has 0 aliphatic rings. The van der Waals surface area contributed by atoms with Crippen LogP contribution in [0.5, 0.6) is 0 Å². The van der Waals surface area contributed by atoms with Gasteiger partial charge in [-0.2, -0.15) is 0 Å². The van der Waals surface area contributed by atoms with Gasteiger partial charge in [0.2, 0.25) is 0 Å². The first-order valence-corrected chi connectivity index (χ1v) is 15.2.